The van der Waals surface area contributed by atoms with E-state index in [2.05, 4.69) is 19.3 Å². The Morgan fingerprint density at radius 2 is 1.95 bits per heavy atom. The summed E-state index contributed by atoms with van der Waals surface area (Å²) in [5, 5.41) is 0.878. The van der Waals surface area contributed by atoms with E-state index in [0.29, 0.717) is 24.6 Å². The van der Waals surface area contributed by atoms with Crippen molar-refractivity contribution in [2.45, 2.75) is 45.8 Å². The van der Waals surface area contributed by atoms with Gasteiger partial charge in [0.1, 0.15) is 11.3 Å². The molecule has 11 heteroatoms. The fourth-order valence-corrected chi connectivity index (χ4v) is 6.14. The molecular formula is C30H31F3N4O3S. The smallest absolute Gasteiger partial charge is 0.421 e. The summed E-state index contributed by atoms with van der Waals surface area (Å²) in [5.41, 5.74) is 3.89. The first-order valence-corrected chi connectivity index (χ1v) is 15.1. The number of aryl methyl sites for hydroxylation is 1. The minimum atomic E-state index is -4.60. The van der Waals surface area contributed by atoms with Crippen molar-refractivity contribution < 1.29 is 26.3 Å². The van der Waals surface area contributed by atoms with Crippen LogP contribution in [0.5, 0.6) is 11.6 Å². The summed E-state index contributed by atoms with van der Waals surface area (Å²) >= 11 is 0. The van der Waals surface area contributed by atoms with Crippen LogP contribution in [0.3, 0.4) is 0 Å². The largest absolute Gasteiger partial charge is 0.438 e. The van der Waals surface area contributed by atoms with Gasteiger partial charge in [-0.15, -0.1) is 0 Å². The standard InChI is InChI=1S/C30H31F3N4O3S/c1-4-14-41(38,39)36-21-9-11-23(19(2)15-21)28-25(17-34-3)24-12-10-22(16-27(24)37(28)18-20-7-8-20)40-29-26(30(31,32)33)6-5-13-35-29/h5-6,9-13,15-17,20,36H,4,7-8,14,18H2,1-3H3. The molecule has 1 N–H and O–H groups in total. The second kappa shape index (κ2) is 11.2. The summed E-state index contributed by atoms with van der Waals surface area (Å²) in [5.74, 6) is 0.245. The summed E-state index contributed by atoms with van der Waals surface area (Å²) < 4.78 is 75.9. The molecular weight excluding hydrogens is 553 g/mol. The molecule has 1 aliphatic carbocycles. The van der Waals surface area contributed by atoms with E-state index in [-0.39, 0.29) is 11.5 Å². The third kappa shape index (κ3) is 6.24. The summed E-state index contributed by atoms with van der Waals surface area (Å²) in [6, 6.07) is 12.8. The van der Waals surface area contributed by atoms with Gasteiger partial charge in [-0.05, 0) is 74.1 Å². The lowest BCUT2D eigenvalue weighted by Gasteiger charge is -2.16. The van der Waals surface area contributed by atoms with Crippen LogP contribution in [0.1, 0.15) is 42.9 Å². The van der Waals surface area contributed by atoms with Gasteiger partial charge in [-0.1, -0.05) is 13.0 Å². The topological polar surface area (TPSA) is 85.6 Å². The molecule has 0 saturated heterocycles. The van der Waals surface area contributed by atoms with Crippen LogP contribution in [0, 0.1) is 12.8 Å². The number of nitrogens with one attached hydrogen (secondary N) is 1. The molecule has 0 aliphatic heterocycles. The molecule has 41 heavy (non-hydrogen) atoms. The lowest BCUT2D eigenvalue weighted by atomic mass is 10.0. The maximum atomic E-state index is 13.6. The molecule has 0 bridgehead atoms. The average Bonchev–Trinajstić information content (AvgIpc) is 3.67. The Hall–Kier alpha value is -3.86. The molecule has 1 aliphatic rings. The number of fused-ring (bicyclic) bond motifs is 1. The molecule has 1 fully saturated rings. The normalized spacial score (nSPS) is 14.2. The molecule has 2 heterocycles. The zero-order valence-corrected chi connectivity index (χ0v) is 23.8. The Morgan fingerprint density at radius 1 is 1.17 bits per heavy atom. The number of hydrogen-bond donors (Lipinski definition) is 1. The summed E-state index contributed by atoms with van der Waals surface area (Å²) in [7, 11) is -1.76. The van der Waals surface area contributed by atoms with Gasteiger partial charge in [-0.3, -0.25) is 9.71 Å². The van der Waals surface area contributed by atoms with Crippen LogP contribution >= 0.6 is 0 Å². The average molecular weight is 585 g/mol. The van der Waals surface area contributed by atoms with Crippen molar-refractivity contribution >= 4 is 32.8 Å². The Bertz CT molecular complexity index is 1730. The van der Waals surface area contributed by atoms with Crippen LogP contribution in [-0.2, 0) is 22.7 Å². The number of anilines is 1. The first kappa shape index (κ1) is 28.7. The predicted molar refractivity (Wildman–Crippen MR) is 155 cm³/mol. The van der Waals surface area contributed by atoms with Crippen LogP contribution < -0.4 is 9.46 Å². The second-order valence-electron chi connectivity index (χ2n) is 10.3. The SMILES string of the molecule is CCCS(=O)(=O)Nc1ccc(-c2c(C=NC)c3ccc(Oc4ncccc4C(F)(F)F)cc3n2CC2CC2)c(C)c1. The van der Waals surface area contributed by atoms with Crippen molar-refractivity contribution in [2.24, 2.45) is 10.9 Å². The fraction of sp³-hybridized carbons (Fsp3) is 0.333. The number of nitrogens with zero attached hydrogens (tertiary/aromatic N) is 3. The Labute approximate surface area is 237 Å². The molecule has 2 aromatic carbocycles. The highest BCUT2D eigenvalue weighted by molar-refractivity contribution is 7.92. The van der Waals surface area contributed by atoms with Crippen molar-refractivity contribution in [1.82, 2.24) is 9.55 Å². The van der Waals surface area contributed by atoms with E-state index >= 15 is 0 Å². The maximum absolute atomic E-state index is 13.6. The summed E-state index contributed by atoms with van der Waals surface area (Å²) in [6.45, 7) is 4.45. The van der Waals surface area contributed by atoms with Gasteiger partial charge >= 0.3 is 6.18 Å². The first-order chi connectivity index (χ1) is 19.5. The molecule has 0 amide bonds. The highest BCUT2D eigenvalue weighted by atomic mass is 32.2. The first-order valence-electron chi connectivity index (χ1n) is 13.4. The molecule has 2 aromatic heterocycles. The summed E-state index contributed by atoms with van der Waals surface area (Å²) in [6.07, 6.45) is 1.13. The lowest BCUT2D eigenvalue weighted by molar-refractivity contribution is -0.138. The van der Waals surface area contributed by atoms with Gasteiger partial charge in [-0.25, -0.2) is 13.4 Å². The monoisotopic (exact) mass is 584 g/mol. The minimum Gasteiger partial charge on any atom is -0.438 e. The predicted octanol–water partition coefficient (Wildman–Crippen LogP) is 7.43. The van der Waals surface area contributed by atoms with Gasteiger partial charge in [0, 0.05) is 54.3 Å². The third-order valence-electron chi connectivity index (χ3n) is 6.99. The van der Waals surface area contributed by atoms with E-state index in [1.807, 2.05) is 32.0 Å². The highest BCUT2D eigenvalue weighted by Gasteiger charge is 2.35. The van der Waals surface area contributed by atoms with Crippen molar-refractivity contribution in [2.75, 3.05) is 17.5 Å². The van der Waals surface area contributed by atoms with Crippen LogP contribution in [0.2, 0.25) is 0 Å². The Kier molecular flexibility index (Phi) is 7.83. The van der Waals surface area contributed by atoms with E-state index in [4.69, 9.17) is 4.74 Å². The van der Waals surface area contributed by atoms with Crippen LogP contribution in [0.15, 0.2) is 59.7 Å². The molecule has 0 spiro atoms. The number of sulfonamides is 1. The van der Waals surface area contributed by atoms with Gasteiger partial charge in [0.15, 0.2) is 0 Å². The van der Waals surface area contributed by atoms with Crippen molar-refractivity contribution in [3.8, 4) is 22.9 Å². The van der Waals surface area contributed by atoms with Gasteiger partial charge in [0.2, 0.25) is 15.9 Å². The molecule has 0 radical (unpaired) electrons. The number of halogens is 3. The maximum Gasteiger partial charge on any atom is 0.421 e. The quantitative estimate of drug-likeness (QED) is 0.196. The highest BCUT2D eigenvalue weighted by Crippen LogP contribution is 2.42. The number of benzene rings is 2. The van der Waals surface area contributed by atoms with Gasteiger partial charge in [0.05, 0.1) is 17.0 Å². The van der Waals surface area contributed by atoms with Gasteiger partial charge < -0.3 is 9.30 Å². The molecule has 7 nitrogen and oxygen atoms in total. The number of hydrogen-bond acceptors (Lipinski definition) is 5. The zero-order chi connectivity index (χ0) is 29.4. The zero-order valence-electron chi connectivity index (χ0n) is 23.0. The van der Waals surface area contributed by atoms with Crippen molar-refractivity contribution in [1.29, 1.82) is 0 Å². The number of alkyl halides is 3. The van der Waals surface area contributed by atoms with Gasteiger partial charge in [0.25, 0.3) is 0 Å². The van der Waals surface area contributed by atoms with E-state index in [1.165, 1.54) is 12.3 Å². The van der Waals surface area contributed by atoms with E-state index < -0.39 is 27.6 Å². The Balaban J connectivity index is 1.63. The minimum absolute atomic E-state index is 0.0356. The Morgan fingerprint density at radius 3 is 2.61 bits per heavy atom. The lowest BCUT2D eigenvalue weighted by Crippen LogP contribution is -2.16. The van der Waals surface area contributed by atoms with Crippen molar-refractivity contribution in [3.63, 3.8) is 0 Å². The van der Waals surface area contributed by atoms with Crippen LogP contribution in [0.25, 0.3) is 22.2 Å². The number of ether oxygens (including phenoxy) is 1. The van der Waals surface area contributed by atoms with E-state index in [9.17, 15) is 21.6 Å². The number of rotatable bonds is 10. The number of aliphatic imine (C=N–C) groups is 1. The molecule has 5 rings (SSSR count). The molecule has 4 aromatic rings. The number of aromatic nitrogens is 2. The summed E-state index contributed by atoms with van der Waals surface area (Å²) in [4.78, 5) is 8.14. The third-order valence-corrected chi connectivity index (χ3v) is 8.48. The molecule has 0 atom stereocenters. The van der Waals surface area contributed by atoms with Crippen LogP contribution in [-0.4, -0.2) is 37.0 Å². The van der Waals surface area contributed by atoms with Crippen molar-refractivity contribution in [3.05, 3.63) is 71.4 Å². The second-order valence-corrected chi connectivity index (χ2v) is 12.1. The molecule has 0 unspecified atom stereocenters. The van der Waals surface area contributed by atoms with Gasteiger partial charge in [-0.2, -0.15) is 13.2 Å². The molecule has 216 valence electrons. The van der Waals surface area contributed by atoms with E-state index in [0.717, 1.165) is 52.2 Å². The number of pyridine rings is 1. The fourth-order valence-electron chi connectivity index (χ4n) is 5.01. The van der Waals surface area contributed by atoms with E-state index in [1.54, 1.807) is 31.5 Å². The van der Waals surface area contributed by atoms with Crippen LogP contribution in [0.4, 0.5) is 18.9 Å². The molecule has 1 saturated carbocycles.